The average Bonchev–Trinajstić information content (AvgIpc) is 3.32. The smallest absolute Gasteiger partial charge is 0.323 e. The number of benzene rings is 3. The Morgan fingerprint density at radius 3 is 2.18 bits per heavy atom. The lowest BCUT2D eigenvalue weighted by atomic mass is 9.91. The van der Waals surface area contributed by atoms with Gasteiger partial charge in [-0.2, -0.15) is 0 Å². The second-order valence-corrected chi connectivity index (χ2v) is 11.7. The number of carboxylic acids is 1. The number of carbonyl (C=O) groups excluding carboxylic acids is 1. The third-order valence-corrected chi connectivity index (χ3v) is 7.32. The molecule has 1 unspecified atom stereocenters. The van der Waals surface area contributed by atoms with Crippen molar-refractivity contribution in [3.05, 3.63) is 93.5 Å². The molecule has 7 heteroatoms. The summed E-state index contributed by atoms with van der Waals surface area (Å²) >= 11 is 6.02. The van der Waals surface area contributed by atoms with E-state index in [2.05, 4.69) is 6.92 Å². The Bertz CT molecular complexity index is 1380. The highest BCUT2D eigenvalue weighted by atomic mass is 35.5. The molecular formula is C31H32ClNO5. The monoisotopic (exact) mass is 533 g/mol. The van der Waals surface area contributed by atoms with Gasteiger partial charge in [0.1, 0.15) is 29.2 Å². The molecule has 198 valence electrons. The molecule has 0 spiro atoms. The van der Waals surface area contributed by atoms with E-state index in [4.69, 9.17) is 21.1 Å². The van der Waals surface area contributed by atoms with Gasteiger partial charge in [0.05, 0.1) is 6.42 Å². The molecule has 0 fully saturated rings. The van der Waals surface area contributed by atoms with E-state index in [9.17, 15) is 14.7 Å². The molecule has 1 amide bonds. The predicted molar refractivity (Wildman–Crippen MR) is 146 cm³/mol. The number of rotatable bonds is 8. The van der Waals surface area contributed by atoms with Crippen LogP contribution in [0.5, 0.6) is 11.5 Å². The fourth-order valence-corrected chi connectivity index (χ4v) is 5.61. The molecule has 38 heavy (non-hydrogen) atoms. The number of ether oxygens (including phenoxy) is 2. The summed E-state index contributed by atoms with van der Waals surface area (Å²) < 4.78 is 12.2. The summed E-state index contributed by atoms with van der Waals surface area (Å²) in [5.74, 6) is 0.401. The van der Waals surface area contributed by atoms with Crippen molar-refractivity contribution in [3.63, 3.8) is 0 Å². The van der Waals surface area contributed by atoms with Crippen molar-refractivity contribution in [2.45, 2.75) is 64.2 Å². The molecule has 0 radical (unpaired) electrons. The normalized spacial score (nSPS) is 18.7. The van der Waals surface area contributed by atoms with Gasteiger partial charge in [-0.1, -0.05) is 48.0 Å². The summed E-state index contributed by atoms with van der Waals surface area (Å²) in [7, 11) is 0. The first-order valence-electron chi connectivity index (χ1n) is 12.8. The molecular weight excluding hydrogens is 502 g/mol. The first kappa shape index (κ1) is 26.1. The Hall–Kier alpha value is -3.51. The van der Waals surface area contributed by atoms with Gasteiger partial charge in [-0.05, 0) is 72.9 Å². The molecule has 0 bridgehead atoms. The fraction of sp³-hybridized carbons (Fsp3) is 0.355. The van der Waals surface area contributed by atoms with Crippen LogP contribution in [0.4, 0.5) is 0 Å². The maximum absolute atomic E-state index is 13.3. The van der Waals surface area contributed by atoms with Gasteiger partial charge in [-0.25, -0.2) is 0 Å². The summed E-state index contributed by atoms with van der Waals surface area (Å²) in [6.07, 6.45) is 2.36. The Labute approximate surface area is 228 Å². The third-order valence-electron chi connectivity index (χ3n) is 7.07. The molecule has 0 aromatic heterocycles. The summed E-state index contributed by atoms with van der Waals surface area (Å²) in [6, 6.07) is 19.4. The minimum absolute atomic E-state index is 0.121. The topological polar surface area (TPSA) is 76.1 Å². The van der Waals surface area contributed by atoms with Crippen LogP contribution in [0.25, 0.3) is 0 Å². The van der Waals surface area contributed by atoms with Crippen LogP contribution in [-0.2, 0) is 41.8 Å². The number of carbonyl (C=O) groups is 2. The van der Waals surface area contributed by atoms with Gasteiger partial charge in [-0.15, -0.1) is 0 Å². The zero-order valence-electron chi connectivity index (χ0n) is 21.9. The number of halogens is 1. The van der Waals surface area contributed by atoms with Crippen LogP contribution >= 0.6 is 11.6 Å². The zero-order chi connectivity index (χ0) is 27.1. The van der Waals surface area contributed by atoms with Crippen LogP contribution < -0.4 is 9.47 Å². The highest BCUT2D eigenvalue weighted by molar-refractivity contribution is 6.30. The lowest BCUT2D eigenvalue weighted by Gasteiger charge is -2.24. The van der Waals surface area contributed by atoms with Crippen molar-refractivity contribution >= 4 is 23.5 Å². The predicted octanol–water partition coefficient (Wildman–Crippen LogP) is 5.65. The van der Waals surface area contributed by atoms with E-state index in [0.717, 1.165) is 58.6 Å². The van der Waals surface area contributed by atoms with Crippen LogP contribution in [0.1, 0.15) is 48.6 Å². The summed E-state index contributed by atoms with van der Waals surface area (Å²) in [5.41, 5.74) is 4.35. The molecule has 1 atom stereocenters. The molecule has 0 saturated heterocycles. The molecule has 2 aliphatic heterocycles. The fourth-order valence-electron chi connectivity index (χ4n) is 5.48. The Balaban J connectivity index is 1.27. The van der Waals surface area contributed by atoms with E-state index in [1.807, 2.05) is 74.5 Å². The molecule has 6 nitrogen and oxygen atoms in total. The molecule has 1 N–H and O–H groups in total. The van der Waals surface area contributed by atoms with Gasteiger partial charge in [0, 0.05) is 30.8 Å². The largest absolute Gasteiger partial charge is 0.487 e. The molecule has 3 aromatic rings. The second-order valence-electron chi connectivity index (χ2n) is 11.3. The van der Waals surface area contributed by atoms with E-state index in [-0.39, 0.29) is 36.6 Å². The van der Waals surface area contributed by atoms with Crippen molar-refractivity contribution in [2.75, 3.05) is 6.54 Å². The Morgan fingerprint density at radius 1 is 0.868 bits per heavy atom. The van der Waals surface area contributed by atoms with Gasteiger partial charge in [0.25, 0.3) is 0 Å². The van der Waals surface area contributed by atoms with E-state index in [0.29, 0.717) is 5.02 Å². The van der Waals surface area contributed by atoms with Gasteiger partial charge < -0.3 is 19.5 Å². The average molecular weight is 534 g/mol. The van der Waals surface area contributed by atoms with Crippen molar-refractivity contribution in [1.29, 1.82) is 0 Å². The van der Waals surface area contributed by atoms with Gasteiger partial charge in [0.2, 0.25) is 5.91 Å². The van der Waals surface area contributed by atoms with Crippen LogP contribution in [0, 0.1) is 0 Å². The summed E-state index contributed by atoms with van der Waals surface area (Å²) in [4.78, 5) is 26.3. The lowest BCUT2D eigenvalue weighted by molar-refractivity contribution is -0.144. The number of carboxylic acid groups (broad SMARTS) is 1. The number of fused-ring (bicyclic) bond motifs is 2. The van der Waals surface area contributed by atoms with E-state index in [1.54, 1.807) is 0 Å². The molecule has 2 aliphatic rings. The second kappa shape index (κ2) is 9.99. The van der Waals surface area contributed by atoms with Crippen molar-refractivity contribution in [3.8, 4) is 11.5 Å². The summed E-state index contributed by atoms with van der Waals surface area (Å²) in [6.45, 7) is 6.03. The third kappa shape index (κ3) is 5.97. The van der Waals surface area contributed by atoms with Gasteiger partial charge in [0.15, 0.2) is 0 Å². The number of aliphatic carboxylic acids is 1. The van der Waals surface area contributed by atoms with Gasteiger partial charge >= 0.3 is 5.97 Å². The molecule has 3 aromatic carbocycles. The van der Waals surface area contributed by atoms with Crippen LogP contribution in [0.2, 0.25) is 5.02 Å². The molecule has 2 heterocycles. The molecule has 0 aliphatic carbocycles. The Kier molecular flexibility index (Phi) is 6.86. The highest BCUT2D eigenvalue weighted by Crippen LogP contribution is 2.38. The van der Waals surface area contributed by atoms with Crippen molar-refractivity contribution in [1.82, 2.24) is 4.90 Å². The zero-order valence-corrected chi connectivity index (χ0v) is 22.7. The van der Waals surface area contributed by atoms with Crippen molar-refractivity contribution in [2.24, 2.45) is 0 Å². The van der Waals surface area contributed by atoms with Gasteiger partial charge in [-0.3, -0.25) is 9.59 Å². The van der Waals surface area contributed by atoms with E-state index in [1.165, 1.54) is 4.90 Å². The quantitative estimate of drug-likeness (QED) is 0.405. The maximum atomic E-state index is 13.3. The highest BCUT2D eigenvalue weighted by Gasteiger charge is 2.35. The van der Waals surface area contributed by atoms with Crippen LogP contribution in [-0.4, -0.2) is 39.6 Å². The van der Waals surface area contributed by atoms with Crippen LogP contribution in [0.3, 0.4) is 0 Å². The molecule has 0 saturated carbocycles. The first-order valence-corrected chi connectivity index (χ1v) is 13.2. The minimum Gasteiger partial charge on any atom is -0.487 e. The van der Waals surface area contributed by atoms with Crippen molar-refractivity contribution < 1.29 is 24.2 Å². The van der Waals surface area contributed by atoms with E-state index >= 15 is 0 Å². The summed E-state index contributed by atoms with van der Waals surface area (Å²) in [5, 5.41) is 10.2. The number of nitrogens with zero attached hydrogens (tertiary/aromatic N) is 1. The maximum Gasteiger partial charge on any atom is 0.323 e. The number of hydrogen-bond donors (Lipinski definition) is 1. The standard InChI is InChI=1S/C31H32ClNO5/c1-30(2)16-23-13-22(7-11-26(23)37-30)18-33(19-29(35)36)28(34)14-21-6-10-27-24(12-21)17-31(3,38-27)15-20-4-8-25(32)9-5-20/h4-13H,14-19H2,1-3H3,(H,35,36). The number of amides is 1. The van der Waals surface area contributed by atoms with Crippen LogP contribution in [0.15, 0.2) is 60.7 Å². The number of hydrogen-bond acceptors (Lipinski definition) is 4. The minimum atomic E-state index is -1.04. The molecule has 5 rings (SSSR count). The SMILES string of the molecule is CC1(C)Cc2cc(CN(CC(=O)O)C(=O)Cc3ccc4c(c3)CC(C)(Cc3ccc(Cl)cc3)O4)ccc2O1. The lowest BCUT2D eigenvalue weighted by Crippen LogP contribution is -2.36. The Morgan fingerprint density at radius 2 is 1.47 bits per heavy atom. The van der Waals surface area contributed by atoms with E-state index < -0.39 is 5.97 Å². The first-order chi connectivity index (χ1) is 18.0.